The smallest absolute Gasteiger partial charge is 0.331 e. The van der Waals surface area contributed by atoms with E-state index in [1.807, 2.05) is 6.92 Å². The molecule has 23 heavy (non-hydrogen) atoms. The standard InChI is InChI=1S/C21H30O2/c1-5-23-20(22)15-19(16-9-7-6-8-10-16)17-11-13-18(14-12-17)21(2,3)4/h11-16H,5-10H2,1-4H3. The minimum atomic E-state index is -0.215. The molecule has 1 aromatic carbocycles. The summed E-state index contributed by atoms with van der Waals surface area (Å²) < 4.78 is 5.15. The zero-order valence-corrected chi connectivity index (χ0v) is 15.0. The molecular formula is C21H30O2. The zero-order valence-electron chi connectivity index (χ0n) is 15.0. The van der Waals surface area contributed by atoms with E-state index in [1.165, 1.54) is 37.7 Å². The molecule has 2 rings (SSSR count). The molecule has 0 amide bonds. The molecule has 2 heteroatoms. The normalized spacial score (nSPS) is 17.1. The molecule has 0 aromatic heterocycles. The molecule has 0 spiro atoms. The van der Waals surface area contributed by atoms with Crippen LogP contribution in [-0.4, -0.2) is 12.6 Å². The van der Waals surface area contributed by atoms with Crippen LogP contribution in [0.4, 0.5) is 0 Å². The molecule has 1 saturated carbocycles. The molecule has 1 aliphatic carbocycles. The second-order valence-corrected chi connectivity index (χ2v) is 7.51. The van der Waals surface area contributed by atoms with E-state index in [0.717, 1.165) is 11.1 Å². The lowest BCUT2D eigenvalue weighted by atomic mass is 9.79. The highest BCUT2D eigenvalue weighted by Gasteiger charge is 2.21. The van der Waals surface area contributed by atoms with Crippen molar-refractivity contribution in [2.75, 3.05) is 6.61 Å². The Balaban J connectivity index is 2.30. The second kappa shape index (κ2) is 7.81. The molecule has 0 bridgehead atoms. The van der Waals surface area contributed by atoms with Crippen LogP contribution in [0.2, 0.25) is 0 Å². The van der Waals surface area contributed by atoms with Crippen molar-refractivity contribution in [2.24, 2.45) is 5.92 Å². The Morgan fingerprint density at radius 3 is 2.26 bits per heavy atom. The van der Waals surface area contributed by atoms with Gasteiger partial charge >= 0.3 is 5.97 Å². The van der Waals surface area contributed by atoms with Crippen molar-refractivity contribution in [2.45, 2.75) is 65.2 Å². The van der Waals surface area contributed by atoms with E-state index in [4.69, 9.17) is 4.74 Å². The monoisotopic (exact) mass is 314 g/mol. The van der Waals surface area contributed by atoms with E-state index in [-0.39, 0.29) is 11.4 Å². The van der Waals surface area contributed by atoms with E-state index >= 15 is 0 Å². The number of esters is 1. The van der Waals surface area contributed by atoms with Gasteiger partial charge in [0, 0.05) is 6.08 Å². The van der Waals surface area contributed by atoms with Crippen LogP contribution in [0.5, 0.6) is 0 Å². The van der Waals surface area contributed by atoms with Crippen LogP contribution >= 0.6 is 0 Å². The van der Waals surface area contributed by atoms with Crippen molar-refractivity contribution in [1.29, 1.82) is 0 Å². The third-order valence-electron chi connectivity index (χ3n) is 4.69. The summed E-state index contributed by atoms with van der Waals surface area (Å²) in [7, 11) is 0. The summed E-state index contributed by atoms with van der Waals surface area (Å²) in [5.41, 5.74) is 3.79. The van der Waals surface area contributed by atoms with Gasteiger partial charge in [-0.2, -0.15) is 0 Å². The highest BCUT2D eigenvalue weighted by atomic mass is 16.5. The van der Waals surface area contributed by atoms with Crippen molar-refractivity contribution in [3.63, 3.8) is 0 Å². The van der Waals surface area contributed by atoms with Gasteiger partial charge in [-0.25, -0.2) is 4.79 Å². The second-order valence-electron chi connectivity index (χ2n) is 7.51. The maximum Gasteiger partial charge on any atom is 0.331 e. The predicted molar refractivity (Wildman–Crippen MR) is 96.3 cm³/mol. The van der Waals surface area contributed by atoms with Crippen molar-refractivity contribution < 1.29 is 9.53 Å². The Morgan fingerprint density at radius 1 is 1.13 bits per heavy atom. The fourth-order valence-corrected chi connectivity index (χ4v) is 3.32. The first-order chi connectivity index (χ1) is 10.9. The van der Waals surface area contributed by atoms with E-state index in [0.29, 0.717) is 12.5 Å². The summed E-state index contributed by atoms with van der Waals surface area (Å²) in [4.78, 5) is 12.0. The number of carbonyl (C=O) groups is 1. The fourth-order valence-electron chi connectivity index (χ4n) is 3.32. The Kier molecular flexibility index (Phi) is 6.04. The van der Waals surface area contributed by atoms with Gasteiger partial charge in [-0.05, 0) is 47.8 Å². The summed E-state index contributed by atoms with van der Waals surface area (Å²) in [5, 5.41) is 0. The SMILES string of the molecule is CCOC(=O)C=C(c1ccc(C(C)(C)C)cc1)C1CCCCC1. The summed E-state index contributed by atoms with van der Waals surface area (Å²) >= 11 is 0. The van der Waals surface area contributed by atoms with Crippen molar-refractivity contribution in [3.05, 3.63) is 41.5 Å². The molecule has 2 nitrogen and oxygen atoms in total. The van der Waals surface area contributed by atoms with E-state index in [1.54, 1.807) is 6.08 Å². The molecule has 0 atom stereocenters. The molecule has 0 N–H and O–H groups in total. The maximum absolute atomic E-state index is 12.0. The summed E-state index contributed by atoms with van der Waals surface area (Å²) in [5.74, 6) is 0.265. The van der Waals surface area contributed by atoms with E-state index in [9.17, 15) is 4.79 Å². The van der Waals surface area contributed by atoms with Gasteiger partial charge in [0.15, 0.2) is 0 Å². The molecule has 0 saturated heterocycles. The number of rotatable bonds is 4. The highest BCUT2D eigenvalue weighted by molar-refractivity contribution is 5.92. The molecule has 1 fully saturated rings. The first-order valence-electron chi connectivity index (χ1n) is 8.91. The minimum absolute atomic E-state index is 0.147. The van der Waals surface area contributed by atoms with Crippen molar-refractivity contribution in [3.8, 4) is 0 Å². The molecular weight excluding hydrogens is 284 g/mol. The van der Waals surface area contributed by atoms with Gasteiger partial charge in [-0.3, -0.25) is 0 Å². The highest BCUT2D eigenvalue weighted by Crippen LogP contribution is 2.36. The molecule has 1 aliphatic rings. The fraction of sp³-hybridized carbons (Fsp3) is 0.571. The van der Waals surface area contributed by atoms with Gasteiger partial charge in [-0.15, -0.1) is 0 Å². The van der Waals surface area contributed by atoms with Crippen LogP contribution in [-0.2, 0) is 14.9 Å². The minimum Gasteiger partial charge on any atom is -0.463 e. The summed E-state index contributed by atoms with van der Waals surface area (Å²) in [6.45, 7) is 8.94. The van der Waals surface area contributed by atoms with Crippen molar-refractivity contribution in [1.82, 2.24) is 0 Å². The zero-order chi connectivity index (χ0) is 16.9. The molecule has 1 aromatic rings. The van der Waals surface area contributed by atoms with Crippen LogP contribution in [0.1, 0.15) is 70.9 Å². The van der Waals surface area contributed by atoms with Gasteiger partial charge in [0.1, 0.15) is 0 Å². The number of ether oxygens (including phenoxy) is 1. The van der Waals surface area contributed by atoms with Gasteiger partial charge in [-0.1, -0.05) is 64.3 Å². The van der Waals surface area contributed by atoms with Crippen LogP contribution in [0, 0.1) is 5.92 Å². The topological polar surface area (TPSA) is 26.3 Å². The third-order valence-corrected chi connectivity index (χ3v) is 4.69. The molecule has 0 unspecified atom stereocenters. The molecule has 0 aliphatic heterocycles. The summed E-state index contributed by atoms with van der Waals surface area (Å²) in [6, 6.07) is 8.72. The Hall–Kier alpha value is -1.57. The van der Waals surface area contributed by atoms with Crippen LogP contribution in [0.15, 0.2) is 30.3 Å². The Morgan fingerprint density at radius 2 is 1.74 bits per heavy atom. The Labute approximate surface area is 140 Å². The van der Waals surface area contributed by atoms with Crippen LogP contribution in [0.3, 0.4) is 0 Å². The average Bonchev–Trinajstić information content (AvgIpc) is 2.53. The lowest BCUT2D eigenvalue weighted by Crippen LogP contribution is -2.13. The van der Waals surface area contributed by atoms with Gasteiger partial charge in [0.05, 0.1) is 6.61 Å². The van der Waals surface area contributed by atoms with Gasteiger partial charge < -0.3 is 4.74 Å². The first kappa shape index (κ1) is 17.8. The molecule has 126 valence electrons. The quantitative estimate of drug-likeness (QED) is 0.541. The van der Waals surface area contributed by atoms with Crippen molar-refractivity contribution >= 4 is 11.5 Å². The number of hydrogen-bond donors (Lipinski definition) is 0. The number of benzene rings is 1. The lowest BCUT2D eigenvalue weighted by molar-refractivity contribution is -0.137. The average molecular weight is 314 g/mol. The van der Waals surface area contributed by atoms with Crippen LogP contribution < -0.4 is 0 Å². The molecule has 0 radical (unpaired) electrons. The van der Waals surface area contributed by atoms with Gasteiger partial charge in [0.25, 0.3) is 0 Å². The van der Waals surface area contributed by atoms with Gasteiger partial charge in [0.2, 0.25) is 0 Å². The van der Waals surface area contributed by atoms with Crippen LogP contribution in [0.25, 0.3) is 5.57 Å². The number of carbonyl (C=O) groups excluding carboxylic acids is 1. The Bertz CT molecular complexity index is 540. The number of allylic oxidation sites excluding steroid dienone is 1. The summed E-state index contributed by atoms with van der Waals surface area (Å²) in [6.07, 6.45) is 7.89. The predicted octanol–water partition coefficient (Wildman–Crippen LogP) is 5.51. The van der Waals surface area contributed by atoms with E-state index in [2.05, 4.69) is 45.0 Å². The molecule has 0 heterocycles. The van der Waals surface area contributed by atoms with E-state index < -0.39 is 0 Å². The third kappa shape index (κ3) is 4.95. The lowest BCUT2D eigenvalue weighted by Gasteiger charge is -2.25. The largest absolute Gasteiger partial charge is 0.463 e. The first-order valence-corrected chi connectivity index (χ1v) is 8.91. The number of hydrogen-bond acceptors (Lipinski definition) is 2. The maximum atomic E-state index is 12.0.